The van der Waals surface area contributed by atoms with Crippen LogP contribution in [0.2, 0.25) is 19.6 Å². The minimum Gasteiger partial charge on any atom is -0.314 e. The lowest BCUT2D eigenvalue weighted by Gasteiger charge is -2.65. The molecule has 1 aliphatic rings. The maximum Gasteiger partial charge on any atom is 0.272 e. The number of aryl methyl sites for hydroxylation is 6. The Labute approximate surface area is 396 Å². The van der Waals surface area contributed by atoms with Crippen molar-refractivity contribution in [1.29, 1.82) is 0 Å². The molecule has 67 heavy (non-hydrogen) atoms. The number of benzene rings is 6. The average Bonchev–Trinajstić information content (AvgIpc) is 3.25. The molecule has 0 unspecified atom stereocenters. The molecule has 0 saturated heterocycles. The van der Waals surface area contributed by atoms with Gasteiger partial charge in [0.05, 0.1) is 15.9 Å². The van der Waals surface area contributed by atoms with Gasteiger partial charge in [0.2, 0.25) is 0 Å². The van der Waals surface area contributed by atoms with Crippen molar-refractivity contribution in [3.05, 3.63) is 187 Å². The van der Waals surface area contributed by atoms with Crippen LogP contribution in [0.3, 0.4) is 0 Å². The molecule has 1 nitrogen and oxygen atoms in total. The van der Waals surface area contributed by atoms with Gasteiger partial charge in [-0.15, -0.1) is 28.7 Å². The quantitative estimate of drug-likeness (QED) is 0.0334. The third-order valence-electron chi connectivity index (χ3n) is 12.8. The summed E-state index contributed by atoms with van der Waals surface area (Å²) in [5.41, 5.74) is 0.517. The first-order valence-corrected chi connectivity index (χ1v) is 29.5. The number of rotatable bonds is 10. The van der Waals surface area contributed by atoms with Gasteiger partial charge in [0.15, 0.2) is 34.9 Å². The highest BCUT2D eigenvalue weighted by Gasteiger charge is 2.74. The zero-order valence-corrected chi connectivity index (χ0v) is 42.4. The van der Waals surface area contributed by atoms with Gasteiger partial charge in [-0.2, -0.15) is 0 Å². The van der Waals surface area contributed by atoms with Crippen LogP contribution in [-0.2, 0) is 4.57 Å². The minimum absolute atomic E-state index is 0.133. The van der Waals surface area contributed by atoms with Gasteiger partial charge in [-0.25, -0.2) is 43.9 Å². The third kappa shape index (κ3) is 8.16. The van der Waals surface area contributed by atoms with E-state index < -0.39 is 110 Å². The fourth-order valence-electron chi connectivity index (χ4n) is 11.3. The van der Waals surface area contributed by atoms with E-state index in [2.05, 4.69) is 0 Å². The lowest BCUT2D eigenvalue weighted by atomic mass is 9.32. The monoisotopic (exact) mass is 1020 g/mol. The Balaban J connectivity index is 0.00000240. The van der Waals surface area contributed by atoms with Gasteiger partial charge in [0.1, 0.15) is 38.5 Å². The zero-order valence-electron chi connectivity index (χ0n) is 38.1. The smallest absolute Gasteiger partial charge is 0.272 e. The summed E-state index contributed by atoms with van der Waals surface area (Å²) in [5.74, 6) is -29.5. The molecule has 0 aromatic heterocycles. The predicted molar refractivity (Wildman–Crippen MR) is 261 cm³/mol. The van der Waals surface area contributed by atoms with Gasteiger partial charge in [0.25, 0.3) is 5.87 Å². The van der Waals surface area contributed by atoms with E-state index in [1.165, 1.54) is 48.5 Å². The summed E-state index contributed by atoms with van der Waals surface area (Å²) in [4.78, 5) is 0.381. The molecule has 1 heterocycles. The maximum absolute atomic E-state index is 17.4. The standard InChI is InChI=1S/C49H45BF10OP2Si.CH2Cl2/c1-26-22-28(3)47(29(4)23-26)62(61,48-30(5)24-27(2)25-31(48)6)21-20-34-49(64(7,8)9)63(32-16-12-10-13-17-32,33-18-14-11-15-19-33)50(34,35-37(51)41(55)45(59)42(56)38(35)52)36-39(53)43(57)46(60)44(58)40(36)54;2-1-3/h10-19,22-25H,20-21H2,1-9H3;1H2. The topological polar surface area (TPSA) is 17.1 Å². The van der Waals surface area contributed by atoms with Gasteiger partial charge >= 0.3 is 0 Å². The molecule has 1 aliphatic heterocycles. The molecule has 0 radical (unpaired) electrons. The average molecular weight is 1030 g/mol. The highest BCUT2D eigenvalue weighted by molar-refractivity contribution is 8.27. The van der Waals surface area contributed by atoms with Gasteiger partial charge < -0.3 is 4.57 Å². The highest BCUT2D eigenvalue weighted by Crippen LogP contribution is 2.82. The van der Waals surface area contributed by atoms with Crippen LogP contribution in [0.25, 0.3) is 0 Å². The van der Waals surface area contributed by atoms with Crippen molar-refractivity contribution in [2.75, 3.05) is 11.5 Å². The Hall–Kier alpha value is -4.12. The first kappa shape index (κ1) is 52.3. The van der Waals surface area contributed by atoms with Crippen LogP contribution >= 0.6 is 37.5 Å². The van der Waals surface area contributed by atoms with Crippen LogP contribution in [0.4, 0.5) is 43.9 Å². The summed E-state index contributed by atoms with van der Waals surface area (Å²) in [6.45, 7) is 16.3. The molecule has 0 spiro atoms. The summed E-state index contributed by atoms with van der Waals surface area (Å²) in [6.07, 6.45) is -1.000. The molecule has 0 bridgehead atoms. The second kappa shape index (κ2) is 19.3. The Morgan fingerprint density at radius 3 is 1.07 bits per heavy atom. The predicted octanol–water partition coefficient (Wildman–Crippen LogP) is 13.2. The lowest BCUT2D eigenvalue weighted by Crippen LogP contribution is -2.76. The molecule has 0 saturated carbocycles. The van der Waals surface area contributed by atoms with E-state index in [-0.39, 0.29) is 21.4 Å². The Bertz CT molecular complexity index is 2740. The van der Waals surface area contributed by atoms with Crippen LogP contribution in [0.1, 0.15) is 39.8 Å². The fraction of sp³-hybridized carbons (Fsp3) is 0.240. The molecule has 0 N–H and O–H groups in total. The van der Waals surface area contributed by atoms with E-state index in [0.717, 1.165) is 11.1 Å². The molecule has 7 rings (SSSR count). The van der Waals surface area contributed by atoms with Crippen LogP contribution in [0, 0.1) is 99.7 Å². The van der Waals surface area contributed by atoms with Crippen molar-refractivity contribution < 1.29 is 48.5 Å². The van der Waals surface area contributed by atoms with Gasteiger partial charge in [-0.05, 0) is 100 Å². The minimum atomic E-state index is -4.51. The van der Waals surface area contributed by atoms with E-state index >= 15 is 48.5 Å². The molecule has 0 atom stereocenters. The van der Waals surface area contributed by atoms with Crippen molar-refractivity contribution in [2.45, 2.75) is 67.6 Å². The van der Waals surface area contributed by atoms with Crippen LogP contribution < -0.4 is 32.1 Å². The molecule has 354 valence electrons. The van der Waals surface area contributed by atoms with Crippen LogP contribution in [-0.4, -0.2) is 25.4 Å². The van der Waals surface area contributed by atoms with E-state index in [1.807, 2.05) is 57.8 Å². The number of hydrogen-bond donors (Lipinski definition) is 0. The molecule has 6 aromatic rings. The number of halogens is 12. The Morgan fingerprint density at radius 2 is 0.791 bits per heavy atom. The normalized spacial score (nSPS) is 14.5. The number of allylic oxidation sites excluding steroid dienone is 1. The SMILES string of the molecule is Cc1cc(C)c(P(=O)(CCC2=C([Si](C)(C)C)[P+](c3ccccc3)(c3ccccc3)[B-]2(c2c(F)c(F)c(F)c(F)c2F)c2c(F)c(F)c(F)c(F)c2F)c2c(C)cc(C)cc2C)c(C)c1.ClCCl. The third-order valence-corrected chi connectivity index (χ3v) is 26.5. The van der Waals surface area contributed by atoms with Crippen molar-refractivity contribution >= 4 is 83.6 Å². The summed E-state index contributed by atoms with van der Waals surface area (Å²) in [5, 5.41) is 1.32. The molecule has 0 aliphatic carbocycles. The van der Waals surface area contributed by atoms with Crippen molar-refractivity contribution in [3.63, 3.8) is 0 Å². The summed E-state index contributed by atoms with van der Waals surface area (Å²) in [6, 6.07) is 22.5. The lowest BCUT2D eigenvalue weighted by molar-refractivity contribution is 0.382. The molecule has 0 fully saturated rings. The van der Waals surface area contributed by atoms with Crippen LogP contribution in [0.15, 0.2) is 95.3 Å². The van der Waals surface area contributed by atoms with E-state index in [0.29, 0.717) is 37.8 Å². The Morgan fingerprint density at radius 1 is 0.507 bits per heavy atom. The zero-order chi connectivity index (χ0) is 49.9. The van der Waals surface area contributed by atoms with Crippen molar-refractivity contribution in [2.24, 2.45) is 0 Å². The number of hydrogen-bond acceptors (Lipinski definition) is 1. The fourth-order valence-corrected chi connectivity index (χ4v) is 27.9. The Kier molecular flexibility index (Phi) is 15.1. The van der Waals surface area contributed by atoms with Gasteiger partial charge in [-0.3, -0.25) is 0 Å². The first-order chi connectivity index (χ1) is 31.3. The molecular weight excluding hydrogens is 978 g/mol. The van der Waals surface area contributed by atoms with E-state index in [4.69, 9.17) is 23.2 Å². The van der Waals surface area contributed by atoms with Crippen LogP contribution in [0.5, 0.6) is 0 Å². The number of alkyl halides is 2. The summed E-state index contributed by atoms with van der Waals surface area (Å²) >= 11 is 9.53. The van der Waals surface area contributed by atoms with Crippen molar-refractivity contribution in [3.8, 4) is 0 Å². The summed E-state index contributed by atoms with van der Waals surface area (Å²) < 4.78 is 181. The molecule has 6 aromatic carbocycles. The van der Waals surface area contributed by atoms with Crippen molar-refractivity contribution in [1.82, 2.24) is 0 Å². The molecular formula is C50H47BCl2F10OP2Si. The van der Waals surface area contributed by atoms with Gasteiger partial charge in [0, 0.05) is 16.8 Å². The van der Waals surface area contributed by atoms with Gasteiger partial charge in [-0.1, -0.05) is 109 Å². The second-order valence-electron chi connectivity index (χ2n) is 18.1. The van der Waals surface area contributed by atoms with E-state index in [9.17, 15) is 0 Å². The largest absolute Gasteiger partial charge is 0.314 e. The first-order valence-electron chi connectivity index (χ1n) is 21.1. The maximum atomic E-state index is 17.4. The molecule has 17 heteroatoms. The highest BCUT2D eigenvalue weighted by atomic mass is 35.5. The second-order valence-corrected chi connectivity index (χ2v) is 30.9. The summed E-state index contributed by atoms with van der Waals surface area (Å²) in [7, 11) is -11.6. The van der Waals surface area contributed by atoms with E-state index in [1.54, 1.807) is 39.8 Å². The molecule has 0 amide bonds.